The van der Waals surface area contributed by atoms with E-state index in [1.165, 1.54) is 0 Å². The van der Waals surface area contributed by atoms with Crippen molar-refractivity contribution in [3.63, 3.8) is 0 Å². The van der Waals surface area contributed by atoms with Crippen molar-refractivity contribution < 1.29 is 14.3 Å². The van der Waals surface area contributed by atoms with E-state index in [9.17, 15) is 4.79 Å². The number of aliphatic hydroxyl groups is 1. The molecule has 2 rings (SSSR count). The maximum atomic E-state index is 12.2. The Morgan fingerprint density at radius 3 is 2.50 bits per heavy atom. The average molecular weight is 275 g/mol. The molecule has 0 aliphatic rings. The molecule has 6 nitrogen and oxygen atoms in total. The molecular weight excluding hydrogens is 258 g/mol. The molecule has 1 aromatic carbocycles. The minimum Gasteiger partial charge on any atom is -0.421 e. The predicted octanol–water partition coefficient (Wildman–Crippen LogP) is 1.50. The number of hydrogen-bond donors (Lipinski definition) is 1. The van der Waals surface area contributed by atoms with Crippen molar-refractivity contribution in [3.05, 3.63) is 35.7 Å². The minimum atomic E-state index is -0.102. The molecular formula is C14H17N3O3. The van der Waals surface area contributed by atoms with E-state index in [4.69, 9.17) is 9.52 Å². The van der Waals surface area contributed by atoms with Gasteiger partial charge in [-0.05, 0) is 31.2 Å². The Morgan fingerprint density at radius 2 is 2.00 bits per heavy atom. The van der Waals surface area contributed by atoms with E-state index in [1.54, 1.807) is 36.1 Å². The van der Waals surface area contributed by atoms with Crippen LogP contribution in [0.15, 0.2) is 28.7 Å². The molecule has 0 unspecified atom stereocenters. The maximum Gasteiger partial charge on any atom is 0.253 e. The molecule has 0 spiro atoms. The Balaban J connectivity index is 2.17. The summed E-state index contributed by atoms with van der Waals surface area (Å²) in [5, 5.41) is 16.6. The van der Waals surface area contributed by atoms with Crippen LogP contribution in [0, 0.1) is 6.92 Å². The summed E-state index contributed by atoms with van der Waals surface area (Å²) < 4.78 is 5.33. The highest BCUT2D eigenvalue weighted by atomic mass is 16.4. The van der Waals surface area contributed by atoms with Crippen molar-refractivity contribution in [1.82, 2.24) is 15.1 Å². The first-order chi connectivity index (χ1) is 9.65. The number of nitrogens with zero attached hydrogens (tertiary/aromatic N) is 3. The van der Waals surface area contributed by atoms with Crippen molar-refractivity contribution in [2.24, 2.45) is 0 Å². The van der Waals surface area contributed by atoms with E-state index >= 15 is 0 Å². The molecule has 2 aromatic rings. The van der Waals surface area contributed by atoms with Crippen molar-refractivity contribution >= 4 is 5.91 Å². The van der Waals surface area contributed by atoms with Crippen LogP contribution >= 0.6 is 0 Å². The zero-order valence-corrected chi connectivity index (χ0v) is 11.5. The fourth-order valence-electron chi connectivity index (χ4n) is 1.88. The molecule has 1 amide bonds. The lowest BCUT2D eigenvalue weighted by Crippen LogP contribution is -2.33. The van der Waals surface area contributed by atoms with Crippen LogP contribution in [0.3, 0.4) is 0 Å². The lowest BCUT2D eigenvalue weighted by Gasteiger charge is -2.19. The van der Waals surface area contributed by atoms with Gasteiger partial charge in [-0.15, -0.1) is 10.2 Å². The van der Waals surface area contributed by atoms with Gasteiger partial charge in [-0.2, -0.15) is 0 Å². The molecule has 0 saturated heterocycles. The number of carbonyl (C=O) groups is 1. The van der Waals surface area contributed by atoms with Crippen LogP contribution in [0.1, 0.15) is 23.2 Å². The van der Waals surface area contributed by atoms with Crippen LogP contribution < -0.4 is 0 Å². The van der Waals surface area contributed by atoms with Crippen LogP contribution in [0.2, 0.25) is 0 Å². The summed E-state index contributed by atoms with van der Waals surface area (Å²) in [5.41, 5.74) is 1.34. The van der Waals surface area contributed by atoms with Crippen LogP contribution in [0.25, 0.3) is 11.5 Å². The average Bonchev–Trinajstić information content (AvgIpc) is 2.91. The van der Waals surface area contributed by atoms with Crippen LogP contribution in [0.5, 0.6) is 0 Å². The molecule has 0 saturated carbocycles. The summed E-state index contributed by atoms with van der Waals surface area (Å²) in [5.74, 6) is 0.833. The number of aromatic nitrogens is 2. The van der Waals surface area contributed by atoms with E-state index in [1.807, 2.05) is 6.92 Å². The number of aryl methyl sites for hydroxylation is 1. The zero-order valence-electron chi connectivity index (χ0n) is 11.5. The Hall–Kier alpha value is -2.21. The quantitative estimate of drug-likeness (QED) is 0.894. The second-order valence-electron chi connectivity index (χ2n) is 4.31. The van der Waals surface area contributed by atoms with Gasteiger partial charge in [0.05, 0.1) is 6.61 Å². The number of benzene rings is 1. The third-order valence-corrected chi connectivity index (χ3v) is 2.94. The normalized spacial score (nSPS) is 10.6. The third-order valence-electron chi connectivity index (χ3n) is 2.94. The predicted molar refractivity (Wildman–Crippen MR) is 73.1 cm³/mol. The van der Waals surface area contributed by atoms with Gasteiger partial charge in [0.25, 0.3) is 5.91 Å². The van der Waals surface area contributed by atoms with Gasteiger partial charge in [-0.25, -0.2) is 0 Å². The Kier molecular flexibility index (Phi) is 4.47. The summed E-state index contributed by atoms with van der Waals surface area (Å²) in [6.07, 6.45) is 0. The first-order valence-electron chi connectivity index (χ1n) is 6.46. The van der Waals surface area contributed by atoms with Gasteiger partial charge < -0.3 is 14.4 Å². The molecule has 20 heavy (non-hydrogen) atoms. The van der Waals surface area contributed by atoms with E-state index in [2.05, 4.69) is 10.2 Å². The fraction of sp³-hybridized carbons (Fsp3) is 0.357. The molecule has 0 aliphatic carbocycles. The molecule has 6 heteroatoms. The van der Waals surface area contributed by atoms with Crippen LogP contribution in [-0.4, -0.2) is 45.8 Å². The number of aliphatic hydroxyl groups excluding tert-OH is 1. The number of likely N-dealkylation sites (N-methyl/N-ethyl adjacent to an activating group) is 1. The van der Waals surface area contributed by atoms with Crippen LogP contribution in [-0.2, 0) is 0 Å². The summed E-state index contributed by atoms with van der Waals surface area (Å²) in [6, 6.07) is 6.98. The van der Waals surface area contributed by atoms with Gasteiger partial charge in [-0.1, -0.05) is 0 Å². The maximum absolute atomic E-state index is 12.2. The number of carbonyl (C=O) groups excluding carboxylic acids is 1. The topological polar surface area (TPSA) is 79.5 Å². The highest BCUT2D eigenvalue weighted by Crippen LogP contribution is 2.18. The Bertz CT molecular complexity index is 578. The molecule has 0 fully saturated rings. The number of rotatable bonds is 5. The van der Waals surface area contributed by atoms with E-state index in [0.29, 0.717) is 30.4 Å². The molecule has 0 bridgehead atoms. The van der Waals surface area contributed by atoms with Crippen molar-refractivity contribution in [2.45, 2.75) is 13.8 Å². The molecule has 106 valence electrons. The van der Waals surface area contributed by atoms with Gasteiger partial charge in [-0.3, -0.25) is 4.79 Å². The molecule has 1 aromatic heterocycles. The Morgan fingerprint density at radius 1 is 1.30 bits per heavy atom. The highest BCUT2D eigenvalue weighted by Gasteiger charge is 2.14. The highest BCUT2D eigenvalue weighted by molar-refractivity contribution is 5.94. The van der Waals surface area contributed by atoms with Gasteiger partial charge in [0.15, 0.2) is 0 Å². The first-order valence-corrected chi connectivity index (χ1v) is 6.46. The van der Waals surface area contributed by atoms with Gasteiger partial charge in [0.2, 0.25) is 11.8 Å². The van der Waals surface area contributed by atoms with Gasteiger partial charge in [0.1, 0.15) is 0 Å². The lowest BCUT2D eigenvalue weighted by atomic mass is 10.1. The summed E-state index contributed by atoms with van der Waals surface area (Å²) in [4.78, 5) is 13.8. The van der Waals surface area contributed by atoms with E-state index in [0.717, 1.165) is 5.56 Å². The van der Waals surface area contributed by atoms with Gasteiger partial charge in [0, 0.05) is 31.1 Å². The largest absolute Gasteiger partial charge is 0.421 e. The molecule has 0 radical (unpaired) electrons. The fourth-order valence-corrected chi connectivity index (χ4v) is 1.88. The second kappa shape index (κ2) is 6.29. The number of hydrogen-bond acceptors (Lipinski definition) is 5. The molecule has 0 atom stereocenters. The summed E-state index contributed by atoms with van der Waals surface area (Å²) in [6.45, 7) is 4.45. The van der Waals surface area contributed by atoms with Crippen molar-refractivity contribution in [2.75, 3.05) is 19.7 Å². The standard InChI is InChI=1S/C14H17N3O3/c1-3-17(8-9-18)14(19)12-6-4-11(5-7-12)13-16-15-10(2)20-13/h4-7,18H,3,8-9H2,1-2H3. The lowest BCUT2D eigenvalue weighted by molar-refractivity contribution is 0.0732. The first kappa shape index (κ1) is 14.2. The zero-order chi connectivity index (χ0) is 14.5. The second-order valence-corrected chi connectivity index (χ2v) is 4.31. The SMILES string of the molecule is CCN(CCO)C(=O)c1ccc(-c2nnc(C)o2)cc1. The number of amides is 1. The third kappa shape index (κ3) is 3.03. The smallest absolute Gasteiger partial charge is 0.253 e. The van der Waals surface area contributed by atoms with Crippen LogP contribution in [0.4, 0.5) is 0 Å². The monoisotopic (exact) mass is 275 g/mol. The molecule has 1 heterocycles. The molecule has 1 N–H and O–H groups in total. The van der Waals surface area contributed by atoms with E-state index < -0.39 is 0 Å². The minimum absolute atomic E-state index is 0.0427. The summed E-state index contributed by atoms with van der Waals surface area (Å²) in [7, 11) is 0. The van der Waals surface area contributed by atoms with Crippen molar-refractivity contribution in [3.8, 4) is 11.5 Å². The summed E-state index contributed by atoms with van der Waals surface area (Å²) >= 11 is 0. The molecule has 0 aliphatic heterocycles. The van der Waals surface area contributed by atoms with Gasteiger partial charge >= 0.3 is 0 Å². The van der Waals surface area contributed by atoms with Crippen molar-refractivity contribution in [1.29, 1.82) is 0 Å². The Labute approximate surface area is 117 Å². The van der Waals surface area contributed by atoms with E-state index in [-0.39, 0.29) is 12.5 Å².